The zero-order valence-corrected chi connectivity index (χ0v) is 11.0. The topological polar surface area (TPSA) is 46.1 Å². The molecule has 2 N–H and O–H groups in total. The number of benzene rings is 1. The van der Waals surface area contributed by atoms with Crippen LogP contribution in [-0.2, 0) is 6.54 Å². The van der Waals surface area contributed by atoms with Crippen LogP contribution in [-0.4, -0.2) is 16.6 Å². The molecule has 0 aliphatic rings. The molecule has 0 saturated heterocycles. The third-order valence-corrected chi connectivity index (χ3v) is 2.79. The van der Waals surface area contributed by atoms with Gasteiger partial charge in [-0.15, -0.1) is 0 Å². The molecule has 1 heterocycles. The maximum atomic E-state index is 11.6. The van der Waals surface area contributed by atoms with Gasteiger partial charge in [-0.05, 0) is 44.4 Å². The molecular weight excluding hydrogens is 226 g/mol. The van der Waals surface area contributed by atoms with E-state index < -0.39 is 0 Å². The fourth-order valence-corrected chi connectivity index (χ4v) is 1.97. The molecule has 0 aliphatic heterocycles. The zero-order valence-electron chi connectivity index (χ0n) is 11.0. The predicted octanol–water partition coefficient (Wildman–Crippen LogP) is 3.19. The fourth-order valence-electron chi connectivity index (χ4n) is 1.97. The predicted molar refractivity (Wildman–Crippen MR) is 74.9 cm³/mol. The molecule has 0 spiro atoms. The number of carbonyl (C=O) groups excluding carboxylic acids is 1. The minimum Gasteiger partial charge on any atom is -0.348 e. The van der Waals surface area contributed by atoms with Gasteiger partial charge in [-0.25, -0.2) is 4.79 Å². The van der Waals surface area contributed by atoms with Crippen LogP contribution in [0.15, 0.2) is 30.5 Å². The van der Waals surface area contributed by atoms with Crippen molar-refractivity contribution in [1.82, 2.24) is 9.88 Å². The number of nitrogens with one attached hydrogen (secondary N) is 2. The lowest BCUT2D eigenvalue weighted by atomic mass is 10.2. The summed E-state index contributed by atoms with van der Waals surface area (Å²) in [7, 11) is 0. The van der Waals surface area contributed by atoms with Crippen LogP contribution in [0.1, 0.15) is 20.8 Å². The van der Waals surface area contributed by atoms with Crippen molar-refractivity contribution in [2.45, 2.75) is 33.4 Å². The quantitative estimate of drug-likeness (QED) is 0.857. The smallest absolute Gasteiger partial charge is 0.319 e. The molecule has 0 bridgehead atoms. The third-order valence-electron chi connectivity index (χ3n) is 2.79. The van der Waals surface area contributed by atoms with Crippen LogP contribution in [0.5, 0.6) is 0 Å². The number of fused-ring (bicyclic) bond motifs is 1. The normalized spacial score (nSPS) is 10.9. The van der Waals surface area contributed by atoms with Crippen molar-refractivity contribution in [3.8, 4) is 0 Å². The number of nitrogens with zero attached hydrogens (tertiary/aromatic N) is 1. The van der Waals surface area contributed by atoms with Crippen molar-refractivity contribution >= 4 is 22.6 Å². The van der Waals surface area contributed by atoms with E-state index in [1.165, 1.54) is 5.39 Å². The highest BCUT2D eigenvalue weighted by Crippen LogP contribution is 2.20. The summed E-state index contributed by atoms with van der Waals surface area (Å²) < 4.78 is 2.15. The Kier molecular flexibility index (Phi) is 3.55. The second-order valence-electron chi connectivity index (χ2n) is 4.63. The Morgan fingerprint density at radius 1 is 1.33 bits per heavy atom. The summed E-state index contributed by atoms with van der Waals surface area (Å²) in [5, 5.41) is 6.83. The van der Waals surface area contributed by atoms with Crippen LogP contribution in [0.4, 0.5) is 10.5 Å². The van der Waals surface area contributed by atoms with Crippen molar-refractivity contribution < 1.29 is 4.79 Å². The molecular formula is C14H19N3O. The molecule has 0 unspecified atom stereocenters. The van der Waals surface area contributed by atoms with Gasteiger partial charge in [-0.2, -0.15) is 0 Å². The molecule has 0 aliphatic carbocycles. The van der Waals surface area contributed by atoms with Gasteiger partial charge in [0.15, 0.2) is 0 Å². The van der Waals surface area contributed by atoms with Gasteiger partial charge in [-0.1, -0.05) is 6.07 Å². The first kappa shape index (κ1) is 12.5. The largest absolute Gasteiger partial charge is 0.348 e. The van der Waals surface area contributed by atoms with Crippen molar-refractivity contribution in [1.29, 1.82) is 0 Å². The molecule has 4 heteroatoms. The Morgan fingerprint density at radius 3 is 2.78 bits per heavy atom. The number of hydrogen-bond donors (Lipinski definition) is 2. The van der Waals surface area contributed by atoms with Crippen molar-refractivity contribution in [2.24, 2.45) is 0 Å². The van der Waals surface area contributed by atoms with E-state index in [4.69, 9.17) is 0 Å². The summed E-state index contributed by atoms with van der Waals surface area (Å²) >= 11 is 0. The van der Waals surface area contributed by atoms with E-state index in [-0.39, 0.29) is 12.1 Å². The molecule has 0 fully saturated rings. The first-order valence-electron chi connectivity index (χ1n) is 6.26. The van der Waals surface area contributed by atoms with Crippen LogP contribution in [0, 0.1) is 0 Å². The number of hydrogen-bond acceptors (Lipinski definition) is 1. The van der Waals surface area contributed by atoms with Gasteiger partial charge in [-0.3, -0.25) is 0 Å². The third kappa shape index (κ3) is 2.64. The van der Waals surface area contributed by atoms with E-state index >= 15 is 0 Å². The highest BCUT2D eigenvalue weighted by Gasteiger charge is 2.05. The molecule has 0 atom stereocenters. The molecule has 18 heavy (non-hydrogen) atoms. The van der Waals surface area contributed by atoms with Gasteiger partial charge < -0.3 is 15.2 Å². The van der Waals surface area contributed by atoms with E-state index in [1.54, 1.807) is 0 Å². The number of amides is 2. The number of rotatable bonds is 3. The van der Waals surface area contributed by atoms with E-state index in [0.717, 1.165) is 17.7 Å². The lowest BCUT2D eigenvalue weighted by Gasteiger charge is -2.10. The minimum atomic E-state index is -0.168. The highest BCUT2D eigenvalue weighted by atomic mass is 16.2. The van der Waals surface area contributed by atoms with Crippen LogP contribution in [0.25, 0.3) is 10.9 Å². The average Bonchev–Trinajstić information content (AvgIpc) is 2.70. The van der Waals surface area contributed by atoms with Gasteiger partial charge in [0.1, 0.15) is 0 Å². The van der Waals surface area contributed by atoms with Gasteiger partial charge in [0.05, 0.1) is 5.52 Å². The molecule has 2 aromatic rings. The van der Waals surface area contributed by atoms with Crippen LogP contribution < -0.4 is 10.6 Å². The van der Waals surface area contributed by atoms with Gasteiger partial charge in [0, 0.05) is 24.5 Å². The lowest BCUT2D eigenvalue weighted by Crippen LogP contribution is -2.34. The monoisotopic (exact) mass is 245 g/mol. The SMILES string of the molecule is CCn1ccc2ccc(NC(=O)NC(C)C)cc21. The number of anilines is 1. The Balaban J connectivity index is 2.21. The number of aromatic nitrogens is 1. The summed E-state index contributed by atoms with van der Waals surface area (Å²) in [5.74, 6) is 0. The number of carbonyl (C=O) groups is 1. The molecule has 0 saturated carbocycles. The van der Waals surface area contributed by atoms with Gasteiger partial charge in [0.25, 0.3) is 0 Å². The first-order valence-corrected chi connectivity index (χ1v) is 6.26. The van der Waals surface area contributed by atoms with E-state index in [0.29, 0.717) is 0 Å². The summed E-state index contributed by atoms with van der Waals surface area (Å²) in [4.78, 5) is 11.6. The van der Waals surface area contributed by atoms with Gasteiger partial charge >= 0.3 is 6.03 Å². The Morgan fingerprint density at radius 2 is 2.11 bits per heavy atom. The Labute approximate surface area is 107 Å². The average molecular weight is 245 g/mol. The lowest BCUT2D eigenvalue weighted by molar-refractivity contribution is 0.250. The first-order chi connectivity index (χ1) is 8.60. The summed E-state index contributed by atoms with van der Waals surface area (Å²) in [5.41, 5.74) is 1.95. The molecule has 4 nitrogen and oxygen atoms in total. The summed E-state index contributed by atoms with van der Waals surface area (Å²) in [6.45, 7) is 6.90. The fraction of sp³-hybridized carbons (Fsp3) is 0.357. The number of aryl methyl sites for hydroxylation is 1. The van der Waals surface area contributed by atoms with E-state index in [9.17, 15) is 4.79 Å². The van der Waals surface area contributed by atoms with Crippen molar-refractivity contribution in [2.75, 3.05) is 5.32 Å². The van der Waals surface area contributed by atoms with Crippen LogP contribution in [0.3, 0.4) is 0 Å². The summed E-state index contributed by atoms with van der Waals surface area (Å²) in [6.07, 6.45) is 2.06. The molecule has 0 radical (unpaired) electrons. The molecule has 1 aromatic carbocycles. The zero-order chi connectivity index (χ0) is 13.1. The standard InChI is InChI=1S/C14H19N3O/c1-4-17-8-7-11-5-6-12(9-13(11)17)16-14(18)15-10(2)3/h5-10H,4H2,1-3H3,(H2,15,16,18). The number of urea groups is 1. The van der Waals surface area contributed by atoms with Crippen LogP contribution in [0.2, 0.25) is 0 Å². The minimum absolute atomic E-state index is 0.133. The maximum absolute atomic E-state index is 11.6. The van der Waals surface area contributed by atoms with Gasteiger partial charge in [0.2, 0.25) is 0 Å². The Bertz CT molecular complexity index is 557. The molecule has 2 amide bonds. The molecule has 96 valence electrons. The summed E-state index contributed by atoms with van der Waals surface area (Å²) in [6, 6.07) is 7.98. The van der Waals surface area contributed by atoms with E-state index in [2.05, 4.69) is 34.4 Å². The highest BCUT2D eigenvalue weighted by molar-refractivity contribution is 5.92. The second kappa shape index (κ2) is 5.12. The van der Waals surface area contributed by atoms with Crippen molar-refractivity contribution in [3.05, 3.63) is 30.5 Å². The molecule has 2 rings (SSSR count). The second-order valence-corrected chi connectivity index (χ2v) is 4.63. The van der Waals surface area contributed by atoms with Crippen LogP contribution >= 0.6 is 0 Å². The van der Waals surface area contributed by atoms with E-state index in [1.807, 2.05) is 32.0 Å². The maximum Gasteiger partial charge on any atom is 0.319 e. The molecule has 1 aromatic heterocycles. The Hall–Kier alpha value is -1.97. The van der Waals surface area contributed by atoms with Crippen molar-refractivity contribution in [3.63, 3.8) is 0 Å².